The Morgan fingerprint density at radius 1 is 0.923 bits per heavy atom. The number of carbonyl (C=O) groups is 2. The summed E-state index contributed by atoms with van der Waals surface area (Å²) in [6, 6.07) is 24.9. The van der Waals surface area contributed by atoms with Gasteiger partial charge in [-0.2, -0.15) is 0 Å². The normalized spacial score (nSPS) is 15.3. The first kappa shape index (κ1) is 26.2. The van der Waals surface area contributed by atoms with Gasteiger partial charge in [0.05, 0.1) is 5.41 Å². The third kappa shape index (κ3) is 5.42. The molecule has 0 spiro atoms. The second-order valence-electron chi connectivity index (χ2n) is 9.71. The molecule has 1 aliphatic rings. The maximum Gasteiger partial charge on any atom is 0.412 e. The molecule has 2 N–H and O–H groups in total. The maximum absolute atomic E-state index is 12.6. The first-order valence-corrected chi connectivity index (χ1v) is 12.9. The van der Waals surface area contributed by atoms with Gasteiger partial charge in [0.1, 0.15) is 17.5 Å². The van der Waals surface area contributed by atoms with E-state index in [1.165, 1.54) is 0 Å². The van der Waals surface area contributed by atoms with Gasteiger partial charge in [-0.05, 0) is 48.9 Å². The van der Waals surface area contributed by atoms with Crippen LogP contribution in [0.25, 0.3) is 22.5 Å². The van der Waals surface area contributed by atoms with Crippen molar-refractivity contribution in [1.82, 2.24) is 5.16 Å². The number of aryl methyl sites for hydroxylation is 1. The van der Waals surface area contributed by atoms with Gasteiger partial charge >= 0.3 is 12.1 Å². The first-order valence-electron chi connectivity index (χ1n) is 12.9. The molecule has 1 amide bonds. The monoisotopic (exact) mass is 526 g/mol. The zero-order valence-electron chi connectivity index (χ0n) is 21.8. The number of rotatable bonds is 7. The fourth-order valence-electron chi connectivity index (χ4n) is 4.94. The van der Waals surface area contributed by atoms with Gasteiger partial charge in [-0.3, -0.25) is 10.1 Å². The number of aromatic nitrogens is 1. The van der Waals surface area contributed by atoms with E-state index in [0.717, 1.165) is 27.8 Å². The number of anilines is 1. The van der Waals surface area contributed by atoms with Crippen LogP contribution in [0.4, 0.5) is 10.5 Å². The van der Waals surface area contributed by atoms with E-state index in [1.807, 2.05) is 85.8 Å². The number of nitrogens with one attached hydrogen (secondary N) is 1. The Morgan fingerprint density at radius 2 is 1.51 bits per heavy atom. The molecule has 3 aromatic carbocycles. The Hall–Kier alpha value is -4.43. The Morgan fingerprint density at radius 3 is 2.13 bits per heavy atom. The first-order chi connectivity index (χ1) is 18.9. The van der Waals surface area contributed by atoms with Gasteiger partial charge in [0.25, 0.3) is 0 Å². The fourth-order valence-corrected chi connectivity index (χ4v) is 4.94. The molecular formula is C31H30N2O6. The minimum absolute atomic E-state index is 0.419. The van der Waals surface area contributed by atoms with Crippen LogP contribution in [-0.4, -0.2) is 35.5 Å². The van der Waals surface area contributed by atoms with Gasteiger partial charge in [-0.15, -0.1) is 0 Å². The highest BCUT2D eigenvalue weighted by Gasteiger charge is 2.41. The van der Waals surface area contributed by atoms with Crippen LogP contribution in [0, 0.1) is 6.92 Å². The van der Waals surface area contributed by atoms with Crippen LogP contribution in [0.15, 0.2) is 83.4 Å². The molecule has 4 aromatic rings. The lowest BCUT2D eigenvalue weighted by molar-refractivity contribution is -0.147. The number of amides is 1. The average Bonchev–Trinajstić information content (AvgIpc) is 3.33. The number of carboxylic acids is 1. The van der Waals surface area contributed by atoms with E-state index >= 15 is 0 Å². The Bertz CT molecular complexity index is 1440. The van der Waals surface area contributed by atoms with Crippen LogP contribution in [0.3, 0.4) is 0 Å². The lowest BCUT2D eigenvalue weighted by Gasteiger charge is -2.33. The summed E-state index contributed by atoms with van der Waals surface area (Å²) in [6.07, 6.45) is -0.0963. The SMILES string of the molecule is Cc1noc(-c2ccc(-c3ccc(C4(C(=O)O)CCOCC4)cc3)cc2)c1NC(=O)O[C@H](C)c1ccccc1. The third-order valence-electron chi connectivity index (χ3n) is 7.32. The highest BCUT2D eigenvalue weighted by atomic mass is 16.6. The smallest absolute Gasteiger partial charge is 0.412 e. The molecule has 0 bridgehead atoms. The van der Waals surface area contributed by atoms with Crippen LogP contribution >= 0.6 is 0 Å². The highest BCUT2D eigenvalue weighted by Crippen LogP contribution is 2.37. The molecule has 0 radical (unpaired) electrons. The van der Waals surface area contributed by atoms with Crippen molar-refractivity contribution in [2.75, 3.05) is 18.5 Å². The Kier molecular flexibility index (Phi) is 7.47. The zero-order chi connectivity index (χ0) is 27.4. The van der Waals surface area contributed by atoms with E-state index in [2.05, 4.69) is 10.5 Å². The molecule has 1 saturated heterocycles. The summed E-state index contributed by atoms with van der Waals surface area (Å²) < 4.78 is 16.5. The van der Waals surface area contributed by atoms with Crippen molar-refractivity contribution in [2.24, 2.45) is 0 Å². The minimum atomic E-state index is -0.909. The molecule has 200 valence electrons. The molecule has 1 aliphatic heterocycles. The second-order valence-corrected chi connectivity index (χ2v) is 9.71. The topological polar surface area (TPSA) is 111 Å². The molecule has 1 aromatic heterocycles. The minimum Gasteiger partial charge on any atom is -0.481 e. The van der Waals surface area contributed by atoms with Gasteiger partial charge in [-0.1, -0.05) is 84.0 Å². The van der Waals surface area contributed by atoms with E-state index in [4.69, 9.17) is 14.0 Å². The van der Waals surface area contributed by atoms with Gasteiger partial charge in [0, 0.05) is 18.8 Å². The summed E-state index contributed by atoms with van der Waals surface area (Å²) in [5.41, 5.74) is 4.43. The van der Waals surface area contributed by atoms with Crippen molar-refractivity contribution in [3.05, 3.63) is 95.7 Å². The summed E-state index contributed by atoms with van der Waals surface area (Å²) in [5, 5.41) is 16.8. The summed E-state index contributed by atoms with van der Waals surface area (Å²) >= 11 is 0. The molecule has 1 atom stereocenters. The number of hydrogen-bond donors (Lipinski definition) is 2. The second kappa shape index (κ2) is 11.1. The molecule has 0 aliphatic carbocycles. The molecule has 1 fully saturated rings. The average molecular weight is 527 g/mol. The maximum atomic E-state index is 12.6. The van der Waals surface area contributed by atoms with Crippen LogP contribution < -0.4 is 5.32 Å². The molecule has 8 heteroatoms. The predicted octanol–water partition coefficient (Wildman–Crippen LogP) is 6.76. The van der Waals surface area contributed by atoms with Crippen LogP contribution in [0.1, 0.15) is 42.7 Å². The van der Waals surface area contributed by atoms with Crippen molar-refractivity contribution < 1.29 is 28.7 Å². The van der Waals surface area contributed by atoms with Crippen molar-refractivity contribution in [3.8, 4) is 22.5 Å². The molecule has 2 heterocycles. The van der Waals surface area contributed by atoms with E-state index < -0.39 is 23.6 Å². The lowest BCUT2D eigenvalue weighted by Crippen LogP contribution is -2.41. The van der Waals surface area contributed by atoms with Crippen molar-refractivity contribution in [2.45, 2.75) is 38.2 Å². The van der Waals surface area contributed by atoms with Crippen molar-refractivity contribution >= 4 is 17.7 Å². The summed E-state index contributed by atoms with van der Waals surface area (Å²) in [4.78, 5) is 24.7. The predicted molar refractivity (Wildman–Crippen MR) is 146 cm³/mol. The van der Waals surface area contributed by atoms with E-state index in [0.29, 0.717) is 43.2 Å². The summed E-state index contributed by atoms with van der Waals surface area (Å²) in [5.74, 6) is -0.380. The standard InChI is InChI=1S/C31H30N2O6/c1-20-27(32-30(36)38-21(2)22-6-4-3-5-7-22)28(39-33-20)25-10-8-23(9-11-25)24-12-14-26(15-13-24)31(29(34)35)16-18-37-19-17-31/h3-15,21H,16-19H2,1-2H3,(H,32,36)(H,34,35)/t21-/m1/s1. The summed E-state index contributed by atoms with van der Waals surface area (Å²) in [7, 11) is 0. The number of carboxylic acid groups (broad SMARTS) is 1. The number of aliphatic carboxylic acids is 1. The zero-order valence-corrected chi connectivity index (χ0v) is 21.8. The van der Waals surface area contributed by atoms with Crippen LogP contribution in [-0.2, 0) is 19.7 Å². The molecule has 8 nitrogen and oxygen atoms in total. The third-order valence-corrected chi connectivity index (χ3v) is 7.32. The lowest BCUT2D eigenvalue weighted by atomic mass is 9.74. The number of nitrogens with zero attached hydrogens (tertiary/aromatic N) is 1. The fraction of sp³-hybridized carbons (Fsp3) is 0.258. The van der Waals surface area contributed by atoms with E-state index in [9.17, 15) is 14.7 Å². The Balaban J connectivity index is 1.31. The largest absolute Gasteiger partial charge is 0.481 e. The number of carbonyl (C=O) groups excluding carboxylic acids is 1. The van der Waals surface area contributed by atoms with Crippen molar-refractivity contribution in [1.29, 1.82) is 0 Å². The van der Waals surface area contributed by atoms with Gasteiger partial charge in [0.15, 0.2) is 5.76 Å². The van der Waals surface area contributed by atoms with Crippen LogP contribution in [0.5, 0.6) is 0 Å². The molecule has 39 heavy (non-hydrogen) atoms. The van der Waals surface area contributed by atoms with Gasteiger partial charge in [-0.25, -0.2) is 4.79 Å². The van der Waals surface area contributed by atoms with Gasteiger partial charge < -0.3 is 19.1 Å². The van der Waals surface area contributed by atoms with Gasteiger partial charge in [0.2, 0.25) is 0 Å². The highest BCUT2D eigenvalue weighted by molar-refractivity contribution is 5.91. The number of hydrogen-bond acceptors (Lipinski definition) is 6. The van der Waals surface area contributed by atoms with Crippen molar-refractivity contribution in [3.63, 3.8) is 0 Å². The number of ether oxygens (including phenoxy) is 2. The number of benzene rings is 3. The molecule has 0 unspecified atom stereocenters. The quantitative estimate of drug-likeness (QED) is 0.274. The summed E-state index contributed by atoms with van der Waals surface area (Å²) in [6.45, 7) is 4.45. The van der Waals surface area contributed by atoms with Crippen LogP contribution in [0.2, 0.25) is 0 Å². The van der Waals surface area contributed by atoms with E-state index in [1.54, 1.807) is 6.92 Å². The Labute approximate surface area is 226 Å². The van der Waals surface area contributed by atoms with E-state index in [-0.39, 0.29) is 0 Å². The molecule has 5 rings (SSSR count). The molecular weight excluding hydrogens is 496 g/mol. The molecule has 0 saturated carbocycles.